The van der Waals surface area contributed by atoms with Gasteiger partial charge in [0.2, 0.25) is 5.91 Å². The molecule has 1 atom stereocenters. The van der Waals surface area contributed by atoms with Crippen molar-refractivity contribution in [2.45, 2.75) is 32.1 Å². The summed E-state index contributed by atoms with van der Waals surface area (Å²) in [6.07, 6.45) is 5.48. The first kappa shape index (κ1) is 16.0. The summed E-state index contributed by atoms with van der Waals surface area (Å²) < 4.78 is 0. The summed E-state index contributed by atoms with van der Waals surface area (Å²) in [4.78, 5) is 23.8. The van der Waals surface area contributed by atoms with Crippen LogP contribution in [0.2, 0.25) is 0 Å². The number of benzene rings is 1. The molecule has 5 heteroatoms. The van der Waals surface area contributed by atoms with Crippen molar-refractivity contribution < 1.29 is 9.59 Å². The van der Waals surface area contributed by atoms with E-state index in [0.29, 0.717) is 18.0 Å². The van der Waals surface area contributed by atoms with Crippen molar-refractivity contribution in [3.63, 3.8) is 0 Å². The second kappa shape index (κ2) is 7.59. The summed E-state index contributed by atoms with van der Waals surface area (Å²) in [7, 11) is 0. The van der Waals surface area contributed by atoms with Crippen LogP contribution in [-0.2, 0) is 4.79 Å². The van der Waals surface area contributed by atoms with E-state index < -0.39 is 0 Å². The average Bonchev–Trinajstić information content (AvgIpc) is 3.41. The third-order valence-corrected chi connectivity index (χ3v) is 4.60. The minimum atomic E-state index is -0.0474. The van der Waals surface area contributed by atoms with Crippen LogP contribution in [0.1, 0.15) is 42.5 Å². The van der Waals surface area contributed by atoms with Crippen LogP contribution in [0.15, 0.2) is 24.3 Å². The van der Waals surface area contributed by atoms with Crippen LogP contribution in [0.25, 0.3) is 0 Å². The van der Waals surface area contributed by atoms with Crippen LogP contribution >= 0.6 is 0 Å². The van der Waals surface area contributed by atoms with Crippen LogP contribution in [-0.4, -0.2) is 31.4 Å². The summed E-state index contributed by atoms with van der Waals surface area (Å²) in [5.41, 5.74) is 1.39. The molecule has 124 valence electrons. The zero-order chi connectivity index (χ0) is 16.1. The third kappa shape index (κ3) is 4.79. The van der Waals surface area contributed by atoms with Crippen LogP contribution in [0.5, 0.6) is 0 Å². The first-order valence-corrected chi connectivity index (χ1v) is 8.62. The Morgan fingerprint density at radius 2 is 1.91 bits per heavy atom. The maximum Gasteiger partial charge on any atom is 0.251 e. The molecule has 0 aromatic heterocycles. The molecule has 0 bridgehead atoms. The summed E-state index contributed by atoms with van der Waals surface area (Å²) in [6, 6.07) is 7.11. The first-order valence-electron chi connectivity index (χ1n) is 8.62. The number of nitrogens with one attached hydrogen (secondary N) is 3. The Morgan fingerprint density at radius 3 is 2.57 bits per heavy atom. The fourth-order valence-electron chi connectivity index (χ4n) is 2.96. The normalized spacial score (nSPS) is 20.8. The van der Waals surface area contributed by atoms with Crippen molar-refractivity contribution in [2.24, 2.45) is 11.8 Å². The first-order chi connectivity index (χ1) is 11.2. The van der Waals surface area contributed by atoms with Crippen LogP contribution in [0.4, 0.5) is 5.69 Å². The van der Waals surface area contributed by atoms with Crippen molar-refractivity contribution in [2.75, 3.05) is 25.0 Å². The molecule has 1 unspecified atom stereocenters. The lowest BCUT2D eigenvalue weighted by Crippen LogP contribution is -2.33. The monoisotopic (exact) mass is 315 g/mol. The molecule has 1 aromatic carbocycles. The Hall–Kier alpha value is -1.88. The largest absolute Gasteiger partial charge is 0.352 e. The Labute approximate surface area is 137 Å². The molecule has 0 spiro atoms. The van der Waals surface area contributed by atoms with Gasteiger partial charge in [0, 0.05) is 23.7 Å². The van der Waals surface area contributed by atoms with Crippen molar-refractivity contribution in [3.05, 3.63) is 29.8 Å². The van der Waals surface area contributed by atoms with Crippen LogP contribution < -0.4 is 16.0 Å². The molecule has 1 aliphatic carbocycles. The van der Waals surface area contributed by atoms with Gasteiger partial charge >= 0.3 is 0 Å². The molecular weight excluding hydrogens is 290 g/mol. The molecule has 1 heterocycles. The standard InChI is InChI=1S/C18H25N3O2/c22-17(20-11-9-13-2-1-10-19-12-13)14-5-7-16(8-6-14)21-18(23)15-3-4-15/h5-8,13,15,19H,1-4,9-12H2,(H,20,22)(H,21,23). The molecule has 3 N–H and O–H groups in total. The molecule has 0 radical (unpaired) electrons. The fourth-order valence-corrected chi connectivity index (χ4v) is 2.96. The SMILES string of the molecule is O=C(NCCC1CCCNC1)c1ccc(NC(=O)C2CC2)cc1. The Balaban J connectivity index is 1.42. The topological polar surface area (TPSA) is 70.2 Å². The van der Waals surface area contributed by atoms with Gasteiger partial charge in [0.1, 0.15) is 0 Å². The lowest BCUT2D eigenvalue weighted by molar-refractivity contribution is -0.117. The molecule has 2 aliphatic rings. The highest BCUT2D eigenvalue weighted by atomic mass is 16.2. The maximum absolute atomic E-state index is 12.1. The van der Waals surface area contributed by atoms with E-state index in [0.717, 1.165) is 38.0 Å². The van der Waals surface area contributed by atoms with Gasteiger partial charge in [-0.25, -0.2) is 0 Å². The number of hydrogen-bond acceptors (Lipinski definition) is 3. The molecule has 2 amide bonds. The van der Waals surface area contributed by atoms with E-state index in [1.165, 1.54) is 12.8 Å². The second-order valence-electron chi connectivity index (χ2n) is 6.60. The highest BCUT2D eigenvalue weighted by Gasteiger charge is 2.29. The summed E-state index contributed by atoms with van der Waals surface area (Å²) in [5.74, 6) is 0.897. The average molecular weight is 315 g/mol. The van der Waals surface area contributed by atoms with Gasteiger partial charge in [0.15, 0.2) is 0 Å². The van der Waals surface area contributed by atoms with Gasteiger partial charge < -0.3 is 16.0 Å². The summed E-state index contributed by atoms with van der Waals surface area (Å²) >= 11 is 0. The number of anilines is 1. The Kier molecular flexibility index (Phi) is 5.28. The lowest BCUT2D eigenvalue weighted by Gasteiger charge is -2.22. The quantitative estimate of drug-likeness (QED) is 0.753. The van der Waals surface area contributed by atoms with E-state index in [2.05, 4.69) is 16.0 Å². The molecular formula is C18H25N3O2. The minimum absolute atomic E-state index is 0.0474. The van der Waals surface area contributed by atoms with E-state index >= 15 is 0 Å². The molecule has 3 rings (SSSR count). The molecule has 5 nitrogen and oxygen atoms in total. The van der Waals surface area contributed by atoms with E-state index in [1.54, 1.807) is 24.3 Å². The van der Waals surface area contributed by atoms with Gasteiger partial charge in [0.25, 0.3) is 5.91 Å². The molecule has 2 fully saturated rings. The number of rotatable bonds is 6. The molecule has 1 saturated carbocycles. The number of carbonyl (C=O) groups is 2. The number of piperidine rings is 1. The predicted octanol–water partition coefficient (Wildman–Crippen LogP) is 2.15. The van der Waals surface area contributed by atoms with Crippen molar-refractivity contribution >= 4 is 17.5 Å². The Morgan fingerprint density at radius 1 is 1.13 bits per heavy atom. The number of hydrogen-bond donors (Lipinski definition) is 3. The van der Waals surface area contributed by atoms with Crippen molar-refractivity contribution in [3.8, 4) is 0 Å². The van der Waals surface area contributed by atoms with E-state index in [4.69, 9.17) is 0 Å². The highest BCUT2D eigenvalue weighted by Crippen LogP contribution is 2.30. The van der Waals surface area contributed by atoms with E-state index in [1.807, 2.05) is 0 Å². The van der Waals surface area contributed by atoms with Crippen molar-refractivity contribution in [1.29, 1.82) is 0 Å². The summed E-state index contributed by atoms with van der Waals surface area (Å²) in [6.45, 7) is 2.89. The van der Waals surface area contributed by atoms with Gasteiger partial charge in [-0.05, 0) is 75.4 Å². The lowest BCUT2D eigenvalue weighted by atomic mass is 9.96. The molecule has 1 aliphatic heterocycles. The Bertz CT molecular complexity index is 546. The van der Waals surface area contributed by atoms with E-state index in [9.17, 15) is 9.59 Å². The van der Waals surface area contributed by atoms with Gasteiger partial charge in [-0.1, -0.05) is 0 Å². The van der Waals surface area contributed by atoms with Gasteiger partial charge in [-0.15, -0.1) is 0 Å². The van der Waals surface area contributed by atoms with Gasteiger partial charge in [-0.3, -0.25) is 9.59 Å². The fraction of sp³-hybridized carbons (Fsp3) is 0.556. The minimum Gasteiger partial charge on any atom is -0.352 e. The van der Waals surface area contributed by atoms with Gasteiger partial charge in [-0.2, -0.15) is 0 Å². The number of amides is 2. The van der Waals surface area contributed by atoms with Crippen molar-refractivity contribution in [1.82, 2.24) is 10.6 Å². The predicted molar refractivity (Wildman–Crippen MR) is 90.3 cm³/mol. The summed E-state index contributed by atoms with van der Waals surface area (Å²) in [5, 5.41) is 9.25. The molecule has 1 aromatic rings. The van der Waals surface area contributed by atoms with Crippen LogP contribution in [0, 0.1) is 11.8 Å². The molecule has 1 saturated heterocycles. The van der Waals surface area contributed by atoms with E-state index in [-0.39, 0.29) is 17.7 Å². The maximum atomic E-state index is 12.1. The molecule has 23 heavy (non-hydrogen) atoms. The second-order valence-corrected chi connectivity index (χ2v) is 6.60. The smallest absolute Gasteiger partial charge is 0.251 e. The zero-order valence-corrected chi connectivity index (χ0v) is 13.4. The van der Waals surface area contributed by atoms with Gasteiger partial charge in [0.05, 0.1) is 0 Å². The highest BCUT2D eigenvalue weighted by molar-refractivity contribution is 5.96. The zero-order valence-electron chi connectivity index (χ0n) is 13.4. The third-order valence-electron chi connectivity index (χ3n) is 4.60. The van der Waals surface area contributed by atoms with Crippen LogP contribution in [0.3, 0.4) is 0 Å². The number of carbonyl (C=O) groups excluding carboxylic acids is 2.